The minimum atomic E-state index is -0.777. The Morgan fingerprint density at radius 1 is 1.50 bits per heavy atom. The van der Waals surface area contributed by atoms with Gasteiger partial charge in [-0.05, 0) is 24.8 Å². The highest BCUT2D eigenvalue weighted by Crippen LogP contribution is 2.31. The van der Waals surface area contributed by atoms with Gasteiger partial charge in [0.05, 0.1) is 10.8 Å². The largest absolute Gasteiger partial charge is 0.481 e. The molecule has 2 rings (SSSR count). The first-order valence-electron chi connectivity index (χ1n) is 6.64. The summed E-state index contributed by atoms with van der Waals surface area (Å²) in [5, 5.41) is 23.1. The predicted molar refractivity (Wildman–Crippen MR) is 72.5 cm³/mol. The van der Waals surface area contributed by atoms with Crippen molar-refractivity contribution in [2.75, 3.05) is 11.9 Å². The lowest BCUT2D eigenvalue weighted by Crippen LogP contribution is -2.31. The second kappa shape index (κ2) is 6.31. The minimum absolute atomic E-state index is 0.00835. The van der Waals surface area contributed by atoms with Crippen LogP contribution >= 0.6 is 0 Å². The summed E-state index contributed by atoms with van der Waals surface area (Å²) in [5.74, 6) is -1.13. The van der Waals surface area contributed by atoms with Crippen molar-refractivity contribution in [2.45, 2.75) is 25.7 Å². The lowest BCUT2D eigenvalue weighted by atomic mass is 9.79. The van der Waals surface area contributed by atoms with Crippen LogP contribution in [0.1, 0.15) is 25.7 Å². The zero-order valence-electron chi connectivity index (χ0n) is 11.0. The molecule has 0 spiro atoms. The highest BCUT2D eigenvalue weighted by molar-refractivity contribution is 5.70. The van der Waals surface area contributed by atoms with E-state index in [4.69, 9.17) is 0 Å². The van der Waals surface area contributed by atoms with Gasteiger partial charge in [-0.2, -0.15) is 0 Å². The number of anilines is 1. The van der Waals surface area contributed by atoms with Crippen LogP contribution in [0.3, 0.4) is 0 Å². The van der Waals surface area contributed by atoms with Gasteiger partial charge in [0.1, 0.15) is 11.9 Å². The number of nitrogens with one attached hydrogen (secondary N) is 1. The topological polar surface area (TPSA) is 105 Å². The Balaban J connectivity index is 2.04. The molecule has 2 atom stereocenters. The van der Waals surface area contributed by atoms with Crippen molar-refractivity contribution < 1.29 is 14.8 Å². The van der Waals surface area contributed by atoms with E-state index in [2.05, 4.69) is 10.3 Å². The van der Waals surface area contributed by atoms with Crippen LogP contribution in [-0.4, -0.2) is 27.5 Å². The van der Waals surface area contributed by atoms with Crippen LogP contribution in [0.25, 0.3) is 0 Å². The third kappa shape index (κ3) is 3.23. The fraction of sp³-hybridized carbons (Fsp3) is 0.538. The first-order valence-corrected chi connectivity index (χ1v) is 6.64. The monoisotopic (exact) mass is 279 g/mol. The quantitative estimate of drug-likeness (QED) is 0.632. The summed E-state index contributed by atoms with van der Waals surface area (Å²) >= 11 is 0. The molecule has 2 unspecified atom stereocenters. The smallest absolute Gasteiger partial charge is 0.310 e. The van der Waals surface area contributed by atoms with Crippen molar-refractivity contribution in [2.24, 2.45) is 11.8 Å². The van der Waals surface area contributed by atoms with E-state index in [1.165, 1.54) is 18.5 Å². The number of hydrogen-bond donors (Lipinski definition) is 2. The highest BCUT2D eigenvalue weighted by atomic mass is 16.6. The molecule has 1 heterocycles. The summed E-state index contributed by atoms with van der Waals surface area (Å²) in [6.07, 6.45) is 6.13. The molecule has 1 aromatic rings. The molecule has 108 valence electrons. The number of aromatic nitrogens is 1. The summed E-state index contributed by atoms with van der Waals surface area (Å²) in [4.78, 5) is 25.3. The van der Waals surface area contributed by atoms with Crippen LogP contribution in [0, 0.1) is 22.0 Å². The number of rotatable bonds is 5. The number of nitrogens with zero attached hydrogens (tertiary/aromatic N) is 2. The van der Waals surface area contributed by atoms with Gasteiger partial charge in [-0.1, -0.05) is 12.8 Å². The fourth-order valence-corrected chi connectivity index (χ4v) is 2.70. The van der Waals surface area contributed by atoms with E-state index >= 15 is 0 Å². The Morgan fingerprint density at radius 3 is 2.95 bits per heavy atom. The Labute approximate surface area is 116 Å². The number of pyridine rings is 1. The second-order valence-electron chi connectivity index (χ2n) is 5.02. The third-order valence-corrected chi connectivity index (χ3v) is 3.78. The van der Waals surface area contributed by atoms with Gasteiger partial charge in [-0.25, -0.2) is 0 Å². The first-order chi connectivity index (χ1) is 9.59. The van der Waals surface area contributed by atoms with Crippen molar-refractivity contribution in [3.05, 3.63) is 28.6 Å². The molecule has 1 aliphatic carbocycles. The van der Waals surface area contributed by atoms with E-state index in [9.17, 15) is 20.0 Å². The number of aliphatic carboxylic acids is 1. The van der Waals surface area contributed by atoms with E-state index in [0.29, 0.717) is 18.7 Å². The van der Waals surface area contributed by atoms with Crippen molar-refractivity contribution >= 4 is 17.3 Å². The van der Waals surface area contributed by atoms with E-state index < -0.39 is 10.9 Å². The molecule has 0 aliphatic heterocycles. The molecule has 1 aromatic heterocycles. The maximum atomic E-state index is 11.2. The maximum absolute atomic E-state index is 11.2. The van der Waals surface area contributed by atoms with E-state index in [1.54, 1.807) is 0 Å². The van der Waals surface area contributed by atoms with Gasteiger partial charge in [0.2, 0.25) is 0 Å². The van der Waals surface area contributed by atoms with Crippen molar-refractivity contribution in [3.63, 3.8) is 0 Å². The number of nitro groups is 1. The average Bonchev–Trinajstić information content (AvgIpc) is 2.45. The SMILES string of the molecule is O=C(O)C1CCCCC1CNc1ccncc1[N+](=O)[O-]. The molecule has 0 bridgehead atoms. The fourth-order valence-electron chi connectivity index (χ4n) is 2.70. The highest BCUT2D eigenvalue weighted by Gasteiger charge is 2.30. The number of carbonyl (C=O) groups is 1. The normalized spacial score (nSPS) is 22.2. The second-order valence-corrected chi connectivity index (χ2v) is 5.02. The molecule has 0 radical (unpaired) electrons. The zero-order chi connectivity index (χ0) is 14.5. The lowest BCUT2D eigenvalue weighted by Gasteiger charge is -2.28. The molecule has 7 nitrogen and oxygen atoms in total. The zero-order valence-corrected chi connectivity index (χ0v) is 11.0. The molecule has 1 saturated carbocycles. The Bertz CT molecular complexity index is 506. The van der Waals surface area contributed by atoms with Gasteiger partial charge in [0.15, 0.2) is 0 Å². The van der Waals surface area contributed by atoms with E-state index in [1.807, 2.05) is 0 Å². The molecule has 7 heteroatoms. The molecule has 1 fully saturated rings. The molecule has 1 aliphatic rings. The van der Waals surface area contributed by atoms with Gasteiger partial charge in [-0.15, -0.1) is 0 Å². The predicted octanol–water partition coefficient (Wildman–Crippen LogP) is 2.29. The number of hydrogen-bond acceptors (Lipinski definition) is 5. The summed E-state index contributed by atoms with van der Waals surface area (Å²) in [7, 11) is 0. The van der Waals surface area contributed by atoms with Crippen LogP contribution in [0.5, 0.6) is 0 Å². The summed E-state index contributed by atoms with van der Waals surface area (Å²) in [6.45, 7) is 0.432. The van der Waals surface area contributed by atoms with Crippen molar-refractivity contribution in [1.82, 2.24) is 4.98 Å². The standard InChI is InChI=1S/C13H17N3O4/c17-13(18)10-4-2-1-3-9(10)7-15-11-5-6-14-8-12(11)16(19)20/h5-6,8-10H,1-4,7H2,(H,14,15)(H,17,18). The van der Waals surface area contributed by atoms with Crippen LogP contribution < -0.4 is 5.32 Å². The van der Waals surface area contributed by atoms with Gasteiger partial charge in [0.25, 0.3) is 0 Å². The maximum Gasteiger partial charge on any atom is 0.310 e. The molecule has 2 N–H and O–H groups in total. The Kier molecular flexibility index (Phi) is 4.49. The summed E-state index contributed by atoms with van der Waals surface area (Å²) < 4.78 is 0. The molecular formula is C13H17N3O4. The lowest BCUT2D eigenvalue weighted by molar-refractivity contribution is -0.384. The van der Waals surface area contributed by atoms with Gasteiger partial charge in [-0.3, -0.25) is 19.9 Å². The van der Waals surface area contributed by atoms with Crippen LogP contribution in [-0.2, 0) is 4.79 Å². The molecule has 20 heavy (non-hydrogen) atoms. The average molecular weight is 279 g/mol. The number of carboxylic acids is 1. The van der Waals surface area contributed by atoms with Gasteiger partial charge in [0, 0.05) is 12.7 Å². The van der Waals surface area contributed by atoms with Gasteiger partial charge < -0.3 is 10.4 Å². The van der Waals surface area contributed by atoms with Crippen LogP contribution in [0.15, 0.2) is 18.5 Å². The minimum Gasteiger partial charge on any atom is -0.481 e. The first kappa shape index (κ1) is 14.2. The van der Waals surface area contributed by atoms with Crippen LogP contribution in [0.2, 0.25) is 0 Å². The van der Waals surface area contributed by atoms with Crippen molar-refractivity contribution in [1.29, 1.82) is 0 Å². The molecular weight excluding hydrogens is 262 g/mol. The van der Waals surface area contributed by atoms with E-state index in [0.717, 1.165) is 19.3 Å². The summed E-state index contributed by atoms with van der Waals surface area (Å²) in [5.41, 5.74) is 0.301. The molecule has 0 saturated heterocycles. The third-order valence-electron chi connectivity index (χ3n) is 3.78. The van der Waals surface area contributed by atoms with Crippen molar-refractivity contribution in [3.8, 4) is 0 Å². The van der Waals surface area contributed by atoms with E-state index in [-0.39, 0.29) is 17.5 Å². The van der Waals surface area contributed by atoms with Crippen LogP contribution in [0.4, 0.5) is 11.4 Å². The van der Waals surface area contributed by atoms with Gasteiger partial charge >= 0.3 is 11.7 Å². The molecule has 0 aromatic carbocycles. The number of carboxylic acid groups (broad SMARTS) is 1. The Morgan fingerprint density at radius 2 is 2.25 bits per heavy atom. The Hall–Kier alpha value is -2.18. The summed E-state index contributed by atoms with van der Waals surface area (Å²) in [6, 6.07) is 1.54. The molecule has 0 amide bonds.